The fourth-order valence-corrected chi connectivity index (χ4v) is 1.52. The van der Waals surface area contributed by atoms with Gasteiger partial charge in [-0.15, -0.1) is 0 Å². The highest BCUT2D eigenvalue weighted by Crippen LogP contribution is 2.16. The Morgan fingerprint density at radius 3 is 2.92 bits per heavy atom. The molecule has 1 rings (SSSR count). The van der Waals surface area contributed by atoms with Crippen LogP contribution < -0.4 is 0 Å². The number of rotatable bonds is 0. The van der Waals surface area contributed by atoms with E-state index in [0.717, 1.165) is 6.42 Å². The third kappa shape index (κ3) is 2.71. The minimum Gasteiger partial charge on any atom is -0.391 e. The van der Waals surface area contributed by atoms with Crippen molar-refractivity contribution in [1.29, 1.82) is 0 Å². The van der Waals surface area contributed by atoms with Gasteiger partial charge in [-0.3, -0.25) is 4.79 Å². The Labute approximate surface area is 86.2 Å². The van der Waals surface area contributed by atoms with Crippen LogP contribution in [0.15, 0.2) is 0 Å². The molecule has 0 aromatic rings. The zero-order valence-corrected chi connectivity index (χ0v) is 9.04. The van der Waals surface area contributed by atoms with Gasteiger partial charge in [0.15, 0.2) is 0 Å². The monoisotopic (exact) mass is 245 g/mol. The predicted molar refractivity (Wildman–Crippen MR) is 53.1 cm³/mol. The zero-order chi connectivity index (χ0) is 9.84. The summed E-state index contributed by atoms with van der Waals surface area (Å²) in [7, 11) is 0. The van der Waals surface area contributed by atoms with Crippen molar-refractivity contribution in [3.8, 4) is 10.8 Å². The van der Waals surface area contributed by atoms with Crippen molar-refractivity contribution in [1.82, 2.24) is 4.90 Å². The molecule has 0 bridgehead atoms. The summed E-state index contributed by atoms with van der Waals surface area (Å²) in [6.07, 6.45) is 0.437. The number of nitrogens with zero attached hydrogens (tertiary/aromatic N) is 1. The molecule has 0 aromatic heterocycles. The Kier molecular flexibility index (Phi) is 3.76. The fourth-order valence-electron chi connectivity index (χ4n) is 1.35. The number of halogens is 1. The smallest absolute Gasteiger partial charge is 0.299 e. The summed E-state index contributed by atoms with van der Waals surface area (Å²) < 4.78 is 0. The van der Waals surface area contributed by atoms with Crippen LogP contribution in [-0.2, 0) is 4.79 Å². The van der Waals surface area contributed by atoms with E-state index in [2.05, 4.69) is 26.7 Å². The van der Waals surface area contributed by atoms with Crippen molar-refractivity contribution >= 4 is 21.8 Å². The molecule has 1 fully saturated rings. The molecule has 72 valence electrons. The highest BCUT2D eigenvalue weighted by molar-refractivity contribution is 9.12. The van der Waals surface area contributed by atoms with Crippen LogP contribution in [-0.4, -0.2) is 35.1 Å². The molecule has 1 N–H and O–H groups in total. The predicted octanol–water partition coefficient (Wildman–Crippen LogP) is 0.572. The van der Waals surface area contributed by atoms with Crippen LogP contribution in [0.25, 0.3) is 0 Å². The quantitative estimate of drug-likeness (QED) is 0.635. The van der Waals surface area contributed by atoms with Crippen molar-refractivity contribution in [2.75, 3.05) is 13.1 Å². The number of likely N-dealkylation sites (tertiary alicyclic amines) is 1. The average molecular weight is 246 g/mol. The largest absolute Gasteiger partial charge is 0.391 e. The SMILES string of the molecule is CC1CCN(C(=O)C#CBr)CC1O. The normalized spacial score (nSPS) is 27.8. The van der Waals surface area contributed by atoms with Crippen LogP contribution in [0.5, 0.6) is 0 Å². The molecule has 0 spiro atoms. The number of hydrogen-bond donors (Lipinski definition) is 1. The topological polar surface area (TPSA) is 40.5 Å². The molecule has 1 amide bonds. The molecular weight excluding hydrogens is 234 g/mol. The second-order valence-corrected chi connectivity index (χ2v) is 3.70. The molecular formula is C9H12BrNO2. The number of β-amino-alcohol motifs (C(OH)–C–C–N with tert-alkyl or cyclic N) is 1. The minimum absolute atomic E-state index is 0.220. The molecule has 4 heteroatoms. The lowest BCUT2D eigenvalue weighted by atomic mass is 9.96. The van der Waals surface area contributed by atoms with Gasteiger partial charge in [0.2, 0.25) is 0 Å². The summed E-state index contributed by atoms with van der Waals surface area (Å²) in [4.78, 5) is 15.2. The second kappa shape index (κ2) is 4.64. The van der Waals surface area contributed by atoms with Crippen LogP contribution in [0.4, 0.5) is 0 Å². The summed E-state index contributed by atoms with van der Waals surface area (Å²) in [5.41, 5.74) is 0. The standard InChI is InChI=1S/C9H12BrNO2/c1-7-3-5-11(6-8(7)12)9(13)2-4-10/h7-8,12H,3,5-6H2,1H3. The highest BCUT2D eigenvalue weighted by Gasteiger charge is 2.26. The lowest BCUT2D eigenvalue weighted by molar-refractivity contribution is -0.129. The summed E-state index contributed by atoms with van der Waals surface area (Å²) >= 11 is 2.87. The van der Waals surface area contributed by atoms with E-state index in [-0.39, 0.29) is 11.8 Å². The van der Waals surface area contributed by atoms with Gasteiger partial charge in [0, 0.05) is 34.9 Å². The van der Waals surface area contributed by atoms with Gasteiger partial charge in [-0.1, -0.05) is 6.92 Å². The van der Waals surface area contributed by atoms with E-state index < -0.39 is 6.10 Å². The fraction of sp³-hybridized carbons (Fsp3) is 0.667. The first-order chi connectivity index (χ1) is 6.15. The summed E-state index contributed by atoms with van der Waals surface area (Å²) in [6.45, 7) is 3.09. The first-order valence-electron chi connectivity index (χ1n) is 4.23. The van der Waals surface area contributed by atoms with E-state index in [0.29, 0.717) is 13.1 Å². The minimum atomic E-state index is -0.408. The lowest BCUT2D eigenvalue weighted by Gasteiger charge is -2.32. The Morgan fingerprint density at radius 1 is 1.69 bits per heavy atom. The van der Waals surface area contributed by atoms with Crippen molar-refractivity contribution in [3.63, 3.8) is 0 Å². The van der Waals surface area contributed by atoms with Crippen molar-refractivity contribution < 1.29 is 9.90 Å². The third-order valence-corrected chi connectivity index (χ3v) is 2.56. The molecule has 1 aliphatic rings. The maximum Gasteiger partial charge on any atom is 0.299 e. The van der Waals surface area contributed by atoms with Gasteiger partial charge in [-0.25, -0.2) is 0 Å². The van der Waals surface area contributed by atoms with Gasteiger partial charge in [0.05, 0.1) is 6.10 Å². The zero-order valence-electron chi connectivity index (χ0n) is 7.46. The van der Waals surface area contributed by atoms with Gasteiger partial charge in [0.1, 0.15) is 0 Å². The Morgan fingerprint density at radius 2 is 2.38 bits per heavy atom. The van der Waals surface area contributed by atoms with E-state index in [9.17, 15) is 9.90 Å². The van der Waals surface area contributed by atoms with E-state index in [1.807, 2.05) is 6.92 Å². The highest BCUT2D eigenvalue weighted by atomic mass is 79.9. The molecule has 0 aromatic carbocycles. The van der Waals surface area contributed by atoms with E-state index in [1.54, 1.807) is 4.90 Å². The number of hydrogen-bond acceptors (Lipinski definition) is 2. The maximum absolute atomic E-state index is 11.3. The van der Waals surface area contributed by atoms with Crippen molar-refractivity contribution in [2.24, 2.45) is 5.92 Å². The van der Waals surface area contributed by atoms with Gasteiger partial charge in [-0.05, 0) is 17.2 Å². The number of piperidine rings is 1. The molecule has 2 atom stereocenters. The molecule has 1 saturated heterocycles. The van der Waals surface area contributed by atoms with Crippen LogP contribution in [0.3, 0.4) is 0 Å². The molecule has 13 heavy (non-hydrogen) atoms. The Balaban J connectivity index is 2.53. The average Bonchev–Trinajstić information content (AvgIpc) is 2.10. The molecule has 1 heterocycles. The van der Waals surface area contributed by atoms with Crippen molar-refractivity contribution in [2.45, 2.75) is 19.4 Å². The van der Waals surface area contributed by atoms with Crippen molar-refractivity contribution in [3.05, 3.63) is 0 Å². The number of aliphatic hydroxyl groups excluding tert-OH is 1. The molecule has 1 aliphatic heterocycles. The van der Waals surface area contributed by atoms with Gasteiger partial charge in [-0.2, -0.15) is 0 Å². The van der Waals surface area contributed by atoms with Crippen LogP contribution in [0, 0.1) is 16.7 Å². The van der Waals surface area contributed by atoms with Crippen LogP contribution >= 0.6 is 15.9 Å². The molecule has 0 saturated carbocycles. The van der Waals surface area contributed by atoms with Gasteiger partial charge >= 0.3 is 0 Å². The second-order valence-electron chi connectivity index (χ2n) is 3.30. The van der Waals surface area contributed by atoms with E-state index in [4.69, 9.17) is 0 Å². The Bertz CT molecular complexity index is 256. The number of carbonyl (C=O) groups is 1. The first kappa shape index (κ1) is 10.6. The maximum atomic E-state index is 11.3. The molecule has 0 aliphatic carbocycles. The summed E-state index contributed by atoms with van der Waals surface area (Å²) in [5.74, 6) is 2.45. The number of aliphatic hydroxyl groups is 1. The van der Waals surface area contributed by atoms with Gasteiger partial charge < -0.3 is 10.0 Å². The summed E-state index contributed by atoms with van der Waals surface area (Å²) in [5, 5.41) is 9.51. The lowest BCUT2D eigenvalue weighted by Crippen LogP contribution is -2.45. The van der Waals surface area contributed by atoms with E-state index in [1.165, 1.54) is 0 Å². The van der Waals surface area contributed by atoms with Crippen LogP contribution in [0.2, 0.25) is 0 Å². The Hall–Kier alpha value is -0.530. The van der Waals surface area contributed by atoms with E-state index >= 15 is 0 Å². The number of carbonyl (C=O) groups excluding carboxylic acids is 1. The molecule has 0 radical (unpaired) electrons. The van der Waals surface area contributed by atoms with Gasteiger partial charge in [0.25, 0.3) is 5.91 Å². The third-order valence-electron chi connectivity index (χ3n) is 2.36. The van der Waals surface area contributed by atoms with Crippen LogP contribution in [0.1, 0.15) is 13.3 Å². The summed E-state index contributed by atoms with van der Waals surface area (Å²) in [6, 6.07) is 0. The molecule has 2 unspecified atom stereocenters. The molecule has 3 nitrogen and oxygen atoms in total. The number of amides is 1. The first-order valence-corrected chi connectivity index (χ1v) is 5.03.